The monoisotopic (exact) mass is 734 g/mol. The first kappa shape index (κ1) is 37.8. The van der Waals surface area contributed by atoms with Gasteiger partial charge in [0.15, 0.2) is 0 Å². The Morgan fingerprint density at radius 3 is 2.00 bits per heavy atom. The van der Waals surface area contributed by atoms with Gasteiger partial charge in [0.1, 0.15) is 0 Å². The van der Waals surface area contributed by atoms with Gasteiger partial charge in [0.25, 0.3) is 0 Å². The maximum absolute atomic E-state index is 2.81. The summed E-state index contributed by atoms with van der Waals surface area (Å²) in [6, 6.07) is 11.5. The van der Waals surface area contributed by atoms with E-state index in [4.69, 9.17) is 0 Å². The second kappa shape index (κ2) is 12.1. The minimum atomic E-state index is -2.68. The van der Waals surface area contributed by atoms with Crippen LogP contribution in [0.5, 0.6) is 0 Å². The molecule has 248 valence electrons. The molecular weight excluding hydrogens is 679 g/mol. The summed E-state index contributed by atoms with van der Waals surface area (Å²) in [6.07, 6.45) is 23.0. The van der Waals surface area contributed by atoms with Gasteiger partial charge in [-0.2, -0.15) is 0 Å². The number of rotatable bonds is 3. The number of hydrogen-bond acceptors (Lipinski definition) is 0. The fourth-order valence-corrected chi connectivity index (χ4v) is 23.2. The molecule has 10 unspecified atom stereocenters. The summed E-state index contributed by atoms with van der Waals surface area (Å²) < 4.78 is 4.18. The molecule has 0 bridgehead atoms. The second-order valence-electron chi connectivity index (χ2n) is 17.3. The molecule has 0 N–H and O–H groups in total. The molecule has 0 nitrogen and oxygen atoms in total. The topological polar surface area (TPSA) is 0 Å². The van der Waals surface area contributed by atoms with E-state index >= 15 is 0 Å². The molecular formula is C43H58Cl2Zr. The van der Waals surface area contributed by atoms with Crippen LogP contribution >= 0.6 is 0 Å². The molecule has 0 saturated heterocycles. The van der Waals surface area contributed by atoms with Crippen molar-refractivity contribution in [3.8, 4) is 0 Å². The summed E-state index contributed by atoms with van der Waals surface area (Å²) in [5.41, 5.74) is 5.21. The third-order valence-electron chi connectivity index (χ3n) is 15.4. The first-order valence-corrected chi connectivity index (χ1v) is 21.2. The number of fused-ring (bicyclic) bond motifs is 5. The molecule has 3 heteroatoms. The Labute approximate surface area is 302 Å². The Hall–Kier alpha value is -1.01. The molecule has 1 aromatic rings. The van der Waals surface area contributed by atoms with Crippen LogP contribution in [0.25, 0.3) is 0 Å². The quantitative estimate of drug-likeness (QED) is 0.372. The standard InChI is InChI=1S/C25H35.C10H15.C8H8.2ClH.Zr/c1-17-12-11-13-20-16-23(6)22(5)15-10-9-14-21(22,4)18(2)19(3)25(23,8)24(17,20)7;1-8-5-6-9(7-8)10(2,3)4;1-2-8-6-4-3-5-7-8;;;/h9-16,18-20H,1-8H3;6-8H,1-4H3;3-7H,1H3;2*1H;/q;;;;;+2/p-2. The van der Waals surface area contributed by atoms with Gasteiger partial charge in [0.2, 0.25) is 0 Å². The van der Waals surface area contributed by atoms with Crippen molar-refractivity contribution < 1.29 is 46.1 Å². The van der Waals surface area contributed by atoms with Gasteiger partial charge in [0, 0.05) is 0 Å². The van der Waals surface area contributed by atoms with Crippen LogP contribution in [-0.2, 0) is 21.3 Å². The summed E-state index contributed by atoms with van der Waals surface area (Å²) in [4.78, 5) is 0. The van der Waals surface area contributed by atoms with E-state index < -0.39 is 21.3 Å². The van der Waals surface area contributed by atoms with Gasteiger partial charge in [-0.1, -0.05) is 0 Å². The van der Waals surface area contributed by atoms with Gasteiger partial charge in [-0.15, -0.1) is 0 Å². The summed E-state index contributed by atoms with van der Waals surface area (Å²) >= 11 is -2.68. The smallest absolute Gasteiger partial charge is 1.00 e. The van der Waals surface area contributed by atoms with E-state index in [-0.39, 0.29) is 57.3 Å². The second-order valence-corrected chi connectivity index (χ2v) is 24.1. The van der Waals surface area contributed by atoms with Crippen LogP contribution in [0, 0.1) is 56.2 Å². The van der Waals surface area contributed by atoms with Gasteiger partial charge in [-0.25, -0.2) is 0 Å². The van der Waals surface area contributed by atoms with Crippen molar-refractivity contribution in [2.45, 2.75) is 93.6 Å². The molecule has 1 aromatic carbocycles. The van der Waals surface area contributed by atoms with E-state index in [9.17, 15) is 0 Å². The molecule has 5 aliphatic rings. The molecule has 0 radical (unpaired) electrons. The van der Waals surface area contributed by atoms with Crippen LogP contribution in [0.15, 0.2) is 99.4 Å². The molecule has 0 aliphatic heterocycles. The van der Waals surface area contributed by atoms with Crippen molar-refractivity contribution in [1.82, 2.24) is 0 Å². The third-order valence-corrected chi connectivity index (χ3v) is 24.9. The Morgan fingerprint density at radius 1 is 0.804 bits per heavy atom. The zero-order valence-electron chi connectivity index (χ0n) is 30.7. The maximum atomic E-state index is 2.81. The van der Waals surface area contributed by atoms with Crippen molar-refractivity contribution in [2.75, 3.05) is 0 Å². The minimum Gasteiger partial charge on any atom is -1.00 e. The molecule has 46 heavy (non-hydrogen) atoms. The van der Waals surface area contributed by atoms with Crippen LogP contribution in [0.4, 0.5) is 0 Å². The Kier molecular flexibility index (Phi) is 9.94. The Morgan fingerprint density at radius 2 is 1.41 bits per heavy atom. The van der Waals surface area contributed by atoms with Crippen molar-refractivity contribution in [1.29, 1.82) is 0 Å². The first-order valence-electron chi connectivity index (χ1n) is 17.4. The zero-order valence-corrected chi connectivity index (χ0v) is 34.7. The molecule has 5 aliphatic carbocycles. The molecule has 0 heterocycles. The van der Waals surface area contributed by atoms with E-state index in [0.29, 0.717) is 27.3 Å². The summed E-state index contributed by atoms with van der Waals surface area (Å²) in [7, 11) is 0. The molecule has 0 amide bonds. The first-order chi connectivity index (χ1) is 20.4. The van der Waals surface area contributed by atoms with E-state index in [1.165, 1.54) is 5.56 Å². The molecule has 0 aromatic heterocycles. The normalized spacial score (nSPS) is 42.4. The Balaban J connectivity index is 0.00000240. The van der Waals surface area contributed by atoms with E-state index in [2.05, 4.69) is 175 Å². The third kappa shape index (κ3) is 4.49. The molecule has 10 atom stereocenters. The number of halogens is 2. The number of hydrogen-bond donors (Lipinski definition) is 0. The van der Waals surface area contributed by atoms with Crippen LogP contribution in [0.3, 0.4) is 0 Å². The molecule has 2 fully saturated rings. The van der Waals surface area contributed by atoms with Crippen molar-refractivity contribution in [3.63, 3.8) is 0 Å². The zero-order chi connectivity index (χ0) is 32.3. The number of allylic oxidation sites excluding steroid dienone is 12. The Bertz CT molecular complexity index is 1600. The predicted molar refractivity (Wildman–Crippen MR) is 188 cm³/mol. The summed E-state index contributed by atoms with van der Waals surface area (Å²) in [6.45, 7) is 33.6. The van der Waals surface area contributed by atoms with Crippen LogP contribution < -0.4 is 24.8 Å². The fourth-order valence-electron chi connectivity index (χ4n) is 11.8. The van der Waals surface area contributed by atoms with E-state index in [0.717, 1.165) is 0 Å². The van der Waals surface area contributed by atoms with Crippen LogP contribution in [-0.4, -0.2) is 3.21 Å². The molecule has 6 rings (SSSR count). The molecule has 2 saturated carbocycles. The minimum absolute atomic E-state index is 0. The summed E-state index contributed by atoms with van der Waals surface area (Å²) in [5.74, 6) is 2.18. The number of benzene rings is 1. The maximum Gasteiger partial charge on any atom is -1.00 e. The largest absolute Gasteiger partial charge is 1.00 e. The van der Waals surface area contributed by atoms with Crippen LogP contribution in [0.1, 0.15) is 95.6 Å². The van der Waals surface area contributed by atoms with Gasteiger partial charge in [-0.05, 0) is 0 Å². The van der Waals surface area contributed by atoms with E-state index in [1.54, 1.807) is 14.4 Å². The van der Waals surface area contributed by atoms with Gasteiger partial charge < -0.3 is 24.8 Å². The predicted octanol–water partition coefficient (Wildman–Crippen LogP) is 5.74. The molecule has 0 spiro atoms. The summed E-state index contributed by atoms with van der Waals surface area (Å²) in [5, 5.41) is 0. The van der Waals surface area contributed by atoms with Gasteiger partial charge in [0.05, 0.1) is 0 Å². The van der Waals surface area contributed by atoms with Crippen molar-refractivity contribution in [3.05, 3.63) is 105 Å². The van der Waals surface area contributed by atoms with Crippen molar-refractivity contribution >= 4 is 3.21 Å². The van der Waals surface area contributed by atoms with Gasteiger partial charge >= 0.3 is 279 Å². The average molecular weight is 737 g/mol. The van der Waals surface area contributed by atoms with Crippen LogP contribution in [0.2, 0.25) is 3.63 Å². The SMILES string of the molecule is CC1=CC=CC2[CH](/[Zr+2]([C]3=CC(C(C)(C)C)=CC3C)=[C](/C)c3ccccc3)C3(C)C4(C)C=CC=CC4(C)C(C)C(C)C3(C)C12C.[Cl-].[Cl-]. The van der Waals surface area contributed by atoms with E-state index in [1.807, 2.05) is 3.28 Å². The fraction of sp³-hybridized carbons (Fsp3) is 0.558. The van der Waals surface area contributed by atoms with Crippen molar-refractivity contribution in [2.24, 2.45) is 56.2 Å². The average Bonchev–Trinajstić information content (AvgIpc) is 3.45. The van der Waals surface area contributed by atoms with Gasteiger partial charge in [-0.3, -0.25) is 0 Å².